The van der Waals surface area contributed by atoms with Crippen LogP contribution in [0.1, 0.15) is 12.0 Å². The van der Waals surface area contributed by atoms with Crippen molar-refractivity contribution in [2.24, 2.45) is 5.73 Å². The fourth-order valence-electron chi connectivity index (χ4n) is 1.70. The highest BCUT2D eigenvalue weighted by Crippen LogP contribution is 2.11. The van der Waals surface area contributed by atoms with E-state index >= 15 is 0 Å². The Bertz CT molecular complexity index is 353. The van der Waals surface area contributed by atoms with Crippen molar-refractivity contribution in [2.45, 2.75) is 13.0 Å². The normalized spacial score (nSPS) is 11.2. The Kier molecular flexibility index (Phi) is 6.78. The number of nitrogens with two attached hydrogens (primary N) is 1. The largest absolute Gasteiger partial charge is 0.383 e. The molecule has 1 aromatic rings. The van der Waals surface area contributed by atoms with Gasteiger partial charge in [-0.1, -0.05) is 6.07 Å². The zero-order chi connectivity index (χ0) is 13.4. The molecule has 0 atom stereocenters. The summed E-state index contributed by atoms with van der Waals surface area (Å²) in [5.41, 5.74) is 6.23. The summed E-state index contributed by atoms with van der Waals surface area (Å²) in [6, 6.07) is 3.99. The molecule has 0 aromatic heterocycles. The van der Waals surface area contributed by atoms with Crippen molar-refractivity contribution >= 4 is 0 Å². The average Bonchev–Trinajstić information content (AvgIpc) is 2.37. The highest BCUT2D eigenvalue weighted by Gasteiger charge is 2.08. The lowest BCUT2D eigenvalue weighted by Crippen LogP contribution is -2.29. The maximum Gasteiger partial charge on any atom is 0.159 e. The molecule has 0 heterocycles. The first-order valence-electron chi connectivity index (χ1n) is 6.02. The lowest BCUT2D eigenvalue weighted by molar-refractivity contribution is 0.143. The first-order chi connectivity index (χ1) is 8.67. The fraction of sp³-hybridized carbons (Fsp3) is 0.538. The predicted molar refractivity (Wildman–Crippen MR) is 67.2 cm³/mol. The fourth-order valence-corrected chi connectivity index (χ4v) is 1.70. The van der Waals surface area contributed by atoms with Gasteiger partial charge < -0.3 is 10.5 Å². The van der Waals surface area contributed by atoms with Crippen molar-refractivity contribution in [1.29, 1.82) is 0 Å². The number of nitrogens with zero attached hydrogens (tertiary/aromatic N) is 1. The molecule has 0 aliphatic carbocycles. The molecule has 0 saturated heterocycles. The first kappa shape index (κ1) is 15.0. The molecule has 2 N–H and O–H groups in total. The molecule has 1 rings (SSSR count). The van der Waals surface area contributed by atoms with Crippen molar-refractivity contribution in [1.82, 2.24) is 4.90 Å². The van der Waals surface area contributed by atoms with Crippen LogP contribution in [0, 0.1) is 11.6 Å². The van der Waals surface area contributed by atoms with Gasteiger partial charge in [-0.25, -0.2) is 8.78 Å². The van der Waals surface area contributed by atoms with Crippen LogP contribution in [0.2, 0.25) is 0 Å². The topological polar surface area (TPSA) is 38.5 Å². The Labute approximate surface area is 107 Å². The third kappa shape index (κ3) is 5.08. The standard InChI is InChI=1S/C13H20F2N2O/c1-18-8-7-17(6-2-5-16)10-11-3-4-12(14)13(15)9-11/h3-4,9H,2,5-8,10,16H2,1H3. The van der Waals surface area contributed by atoms with E-state index < -0.39 is 11.6 Å². The highest BCUT2D eigenvalue weighted by molar-refractivity contribution is 5.17. The van der Waals surface area contributed by atoms with Gasteiger partial charge in [0.05, 0.1) is 6.61 Å². The van der Waals surface area contributed by atoms with Gasteiger partial charge in [0.2, 0.25) is 0 Å². The van der Waals surface area contributed by atoms with Gasteiger partial charge in [0.1, 0.15) is 0 Å². The predicted octanol–water partition coefficient (Wildman–Crippen LogP) is 1.76. The summed E-state index contributed by atoms with van der Waals surface area (Å²) in [4.78, 5) is 2.11. The summed E-state index contributed by atoms with van der Waals surface area (Å²) in [5.74, 6) is -1.62. The molecule has 0 spiro atoms. The van der Waals surface area contributed by atoms with Crippen LogP contribution in [0.5, 0.6) is 0 Å². The van der Waals surface area contributed by atoms with Gasteiger partial charge >= 0.3 is 0 Å². The van der Waals surface area contributed by atoms with Crippen LogP contribution in [0.25, 0.3) is 0 Å². The number of hydrogen-bond donors (Lipinski definition) is 1. The van der Waals surface area contributed by atoms with Gasteiger partial charge in [-0.05, 0) is 37.2 Å². The van der Waals surface area contributed by atoms with Crippen LogP contribution in [0.3, 0.4) is 0 Å². The molecule has 5 heteroatoms. The molecule has 3 nitrogen and oxygen atoms in total. The number of methoxy groups -OCH3 is 1. The second kappa shape index (κ2) is 8.13. The van der Waals surface area contributed by atoms with Gasteiger partial charge in [0, 0.05) is 20.2 Å². The van der Waals surface area contributed by atoms with Crippen molar-refractivity contribution in [2.75, 3.05) is 33.4 Å². The van der Waals surface area contributed by atoms with Crippen LogP contribution in [-0.4, -0.2) is 38.3 Å². The van der Waals surface area contributed by atoms with Crippen LogP contribution in [0.15, 0.2) is 18.2 Å². The Balaban J connectivity index is 2.59. The lowest BCUT2D eigenvalue weighted by Gasteiger charge is -2.21. The molecule has 0 radical (unpaired) electrons. The summed E-state index contributed by atoms with van der Waals surface area (Å²) in [7, 11) is 1.64. The molecule has 0 fully saturated rings. The number of hydrogen-bond acceptors (Lipinski definition) is 3. The van der Waals surface area contributed by atoms with E-state index in [-0.39, 0.29) is 0 Å². The maximum atomic E-state index is 13.1. The van der Waals surface area contributed by atoms with E-state index in [0.29, 0.717) is 19.7 Å². The van der Waals surface area contributed by atoms with E-state index in [2.05, 4.69) is 4.90 Å². The van der Waals surface area contributed by atoms with E-state index in [1.807, 2.05) is 0 Å². The summed E-state index contributed by atoms with van der Waals surface area (Å²) in [6.45, 7) is 3.35. The zero-order valence-corrected chi connectivity index (χ0v) is 10.7. The minimum Gasteiger partial charge on any atom is -0.383 e. The number of rotatable bonds is 8. The second-order valence-electron chi connectivity index (χ2n) is 4.16. The Morgan fingerprint density at radius 1 is 1.22 bits per heavy atom. The van der Waals surface area contributed by atoms with E-state index in [9.17, 15) is 8.78 Å². The molecular formula is C13H20F2N2O. The number of halogens is 2. The summed E-state index contributed by atoms with van der Waals surface area (Å²) >= 11 is 0. The smallest absolute Gasteiger partial charge is 0.159 e. The van der Waals surface area contributed by atoms with Crippen LogP contribution >= 0.6 is 0 Å². The Morgan fingerprint density at radius 2 is 2.00 bits per heavy atom. The molecule has 0 aliphatic rings. The Morgan fingerprint density at radius 3 is 2.61 bits per heavy atom. The highest BCUT2D eigenvalue weighted by atomic mass is 19.2. The van der Waals surface area contributed by atoms with Crippen LogP contribution < -0.4 is 5.73 Å². The summed E-state index contributed by atoms with van der Waals surface area (Å²) in [5, 5.41) is 0. The molecule has 0 aliphatic heterocycles. The molecule has 18 heavy (non-hydrogen) atoms. The van der Waals surface area contributed by atoms with Gasteiger partial charge in [-0.2, -0.15) is 0 Å². The van der Waals surface area contributed by atoms with Gasteiger partial charge in [-0.3, -0.25) is 4.90 Å². The molecule has 0 bridgehead atoms. The molecule has 1 aromatic carbocycles. The van der Waals surface area contributed by atoms with Crippen molar-refractivity contribution in [3.05, 3.63) is 35.4 Å². The lowest BCUT2D eigenvalue weighted by atomic mass is 10.2. The van der Waals surface area contributed by atoms with E-state index in [1.54, 1.807) is 13.2 Å². The zero-order valence-electron chi connectivity index (χ0n) is 10.7. The van der Waals surface area contributed by atoms with E-state index in [4.69, 9.17) is 10.5 Å². The number of ether oxygens (including phenoxy) is 1. The van der Waals surface area contributed by atoms with Gasteiger partial charge in [0.15, 0.2) is 11.6 Å². The summed E-state index contributed by atoms with van der Waals surface area (Å²) < 4.78 is 30.9. The van der Waals surface area contributed by atoms with Gasteiger partial charge in [-0.15, -0.1) is 0 Å². The summed E-state index contributed by atoms with van der Waals surface area (Å²) in [6.07, 6.45) is 0.868. The monoisotopic (exact) mass is 258 g/mol. The third-order valence-corrected chi connectivity index (χ3v) is 2.68. The van der Waals surface area contributed by atoms with Crippen molar-refractivity contribution in [3.63, 3.8) is 0 Å². The number of benzene rings is 1. The van der Waals surface area contributed by atoms with Gasteiger partial charge in [0.25, 0.3) is 0 Å². The quantitative estimate of drug-likeness (QED) is 0.772. The minimum atomic E-state index is -0.816. The maximum absolute atomic E-state index is 13.1. The van der Waals surface area contributed by atoms with Crippen molar-refractivity contribution in [3.8, 4) is 0 Å². The second-order valence-corrected chi connectivity index (χ2v) is 4.16. The first-order valence-corrected chi connectivity index (χ1v) is 6.02. The van der Waals surface area contributed by atoms with E-state index in [0.717, 1.165) is 31.1 Å². The van der Waals surface area contributed by atoms with Crippen LogP contribution in [0.4, 0.5) is 8.78 Å². The molecule has 0 amide bonds. The third-order valence-electron chi connectivity index (χ3n) is 2.68. The average molecular weight is 258 g/mol. The van der Waals surface area contributed by atoms with Crippen LogP contribution in [-0.2, 0) is 11.3 Å². The molecular weight excluding hydrogens is 238 g/mol. The SMILES string of the molecule is COCCN(CCCN)Cc1ccc(F)c(F)c1. The molecule has 102 valence electrons. The molecule has 0 unspecified atom stereocenters. The van der Waals surface area contributed by atoms with Crippen molar-refractivity contribution < 1.29 is 13.5 Å². The molecule has 0 saturated carbocycles. The minimum absolute atomic E-state index is 0.570. The Hall–Kier alpha value is -1.04. The van der Waals surface area contributed by atoms with E-state index in [1.165, 1.54) is 6.07 Å².